The first-order chi connectivity index (χ1) is 9.00. The van der Waals surface area contributed by atoms with E-state index in [9.17, 15) is 13.2 Å². The normalized spacial score (nSPS) is 16.6. The number of hydrogen-bond donors (Lipinski definition) is 1. The highest BCUT2D eigenvalue weighted by Gasteiger charge is 2.42. The van der Waals surface area contributed by atoms with E-state index in [0.29, 0.717) is 10.8 Å². The Morgan fingerprint density at radius 1 is 1.42 bits per heavy atom. The van der Waals surface area contributed by atoms with E-state index in [1.54, 1.807) is 5.38 Å². The minimum absolute atomic E-state index is 0.0886. The molecule has 3 rings (SSSR count). The Kier molecular flexibility index (Phi) is 2.54. The van der Waals surface area contributed by atoms with Crippen LogP contribution in [0.1, 0.15) is 16.1 Å². The lowest BCUT2D eigenvalue weighted by atomic mass is 10.2. The third kappa shape index (κ3) is 1.78. The number of fused-ring (bicyclic) bond motifs is 1. The van der Waals surface area contributed by atoms with E-state index in [2.05, 4.69) is 9.97 Å². The van der Waals surface area contributed by atoms with Crippen molar-refractivity contribution in [3.8, 4) is 0 Å². The van der Waals surface area contributed by atoms with Gasteiger partial charge in [-0.05, 0) is 12.1 Å². The van der Waals surface area contributed by atoms with Crippen LogP contribution in [0.5, 0.6) is 0 Å². The number of nitrogen functional groups attached to an aromatic ring is 1. The number of thiazole rings is 1. The Hall–Kier alpha value is -2.00. The van der Waals surface area contributed by atoms with Gasteiger partial charge in [-0.25, -0.2) is 14.3 Å². The number of pyridine rings is 1. The molecule has 1 aliphatic rings. The number of amides is 1. The van der Waals surface area contributed by atoms with Gasteiger partial charge in [-0.3, -0.25) is 4.79 Å². The molecule has 2 N–H and O–H groups in total. The summed E-state index contributed by atoms with van der Waals surface area (Å²) in [7, 11) is -3.89. The summed E-state index contributed by atoms with van der Waals surface area (Å²) in [6.45, 7) is -0.134. The van der Waals surface area contributed by atoms with Gasteiger partial charge in [0.2, 0.25) is 0 Å². The lowest BCUT2D eigenvalue weighted by Crippen LogP contribution is -2.29. The number of nitrogens with zero attached hydrogens (tertiary/aromatic N) is 3. The fraction of sp³-hybridized carbons (Fsp3) is 0.100. The van der Waals surface area contributed by atoms with E-state index in [4.69, 9.17) is 5.73 Å². The average Bonchev–Trinajstić information content (AvgIpc) is 2.87. The standard InChI is InChI=1S/C10H8N4O3S2/c11-10-13-6(5-18-10)4-14-9(15)7-2-1-3-12-8(7)19(14,16)17/h1-3,5H,4H2,(H2,11,13). The lowest BCUT2D eigenvalue weighted by molar-refractivity contribution is 0.0864. The van der Waals surface area contributed by atoms with Gasteiger partial charge in [0.15, 0.2) is 10.2 Å². The Morgan fingerprint density at radius 3 is 2.84 bits per heavy atom. The molecule has 0 spiro atoms. The number of sulfonamides is 1. The van der Waals surface area contributed by atoms with Crippen LogP contribution in [0, 0.1) is 0 Å². The molecule has 0 radical (unpaired) electrons. The monoisotopic (exact) mass is 296 g/mol. The first-order valence-electron chi connectivity index (χ1n) is 5.22. The van der Waals surface area contributed by atoms with Gasteiger partial charge in [0, 0.05) is 11.6 Å². The van der Waals surface area contributed by atoms with Crippen LogP contribution < -0.4 is 5.73 Å². The Morgan fingerprint density at radius 2 is 2.21 bits per heavy atom. The second-order valence-corrected chi connectivity index (χ2v) is 6.52. The highest BCUT2D eigenvalue weighted by Crippen LogP contribution is 2.29. The van der Waals surface area contributed by atoms with Crippen molar-refractivity contribution in [1.29, 1.82) is 0 Å². The number of anilines is 1. The quantitative estimate of drug-likeness (QED) is 0.863. The first-order valence-corrected chi connectivity index (χ1v) is 7.54. The molecule has 0 fully saturated rings. The molecule has 19 heavy (non-hydrogen) atoms. The maximum atomic E-state index is 12.2. The second kappa shape index (κ2) is 4.00. The predicted octanol–water partition coefficient (Wildman–Crippen LogP) is 0.465. The molecule has 0 saturated carbocycles. The van der Waals surface area contributed by atoms with Crippen molar-refractivity contribution < 1.29 is 13.2 Å². The number of carbonyl (C=O) groups is 1. The van der Waals surface area contributed by atoms with E-state index in [-0.39, 0.29) is 17.1 Å². The second-order valence-electron chi connectivity index (χ2n) is 3.85. The summed E-state index contributed by atoms with van der Waals surface area (Å²) in [4.78, 5) is 19.8. The van der Waals surface area contributed by atoms with Gasteiger partial charge in [-0.1, -0.05) is 0 Å². The molecule has 2 aromatic rings. The molecule has 1 aliphatic heterocycles. The largest absolute Gasteiger partial charge is 0.375 e. The zero-order valence-corrected chi connectivity index (χ0v) is 11.1. The van der Waals surface area contributed by atoms with Gasteiger partial charge < -0.3 is 5.73 Å². The van der Waals surface area contributed by atoms with Gasteiger partial charge in [0.1, 0.15) is 0 Å². The summed E-state index contributed by atoms with van der Waals surface area (Å²) in [6.07, 6.45) is 1.34. The van der Waals surface area contributed by atoms with Gasteiger partial charge >= 0.3 is 0 Å². The Bertz CT molecular complexity index is 769. The van der Waals surface area contributed by atoms with E-state index < -0.39 is 15.9 Å². The molecule has 0 aliphatic carbocycles. The minimum Gasteiger partial charge on any atom is -0.375 e. The number of carbonyl (C=O) groups excluding carboxylic acids is 1. The molecule has 0 unspecified atom stereocenters. The van der Waals surface area contributed by atoms with Crippen molar-refractivity contribution in [2.45, 2.75) is 11.6 Å². The van der Waals surface area contributed by atoms with Crippen LogP contribution in [-0.4, -0.2) is 28.6 Å². The maximum absolute atomic E-state index is 12.2. The van der Waals surface area contributed by atoms with Gasteiger partial charge in [-0.2, -0.15) is 8.42 Å². The van der Waals surface area contributed by atoms with Crippen molar-refractivity contribution >= 4 is 32.4 Å². The van der Waals surface area contributed by atoms with Crippen molar-refractivity contribution in [1.82, 2.24) is 14.3 Å². The average molecular weight is 296 g/mol. The summed E-state index contributed by atoms with van der Waals surface area (Å²) in [5.41, 5.74) is 6.01. The fourth-order valence-corrected chi connectivity index (χ4v) is 3.82. The van der Waals surface area contributed by atoms with Crippen LogP contribution in [0.25, 0.3) is 0 Å². The number of rotatable bonds is 2. The molecule has 1 amide bonds. The number of aromatic nitrogens is 2. The summed E-state index contributed by atoms with van der Waals surface area (Å²) in [6, 6.07) is 2.97. The van der Waals surface area contributed by atoms with Gasteiger partial charge in [-0.15, -0.1) is 11.3 Å². The third-order valence-electron chi connectivity index (χ3n) is 2.64. The van der Waals surface area contributed by atoms with Gasteiger partial charge in [0.05, 0.1) is 17.8 Å². The number of nitrogens with two attached hydrogens (primary N) is 1. The smallest absolute Gasteiger partial charge is 0.285 e. The molecule has 0 saturated heterocycles. The van der Waals surface area contributed by atoms with Crippen LogP contribution in [-0.2, 0) is 16.6 Å². The van der Waals surface area contributed by atoms with E-state index >= 15 is 0 Å². The van der Waals surface area contributed by atoms with Crippen molar-refractivity contribution in [2.75, 3.05) is 5.73 Å². The van der Waals surface area contributed by atoms with E-state index in [0.717, 1.165) is 4.31 Å². The highest BCUT2D eigenvalue weighted by molar-refractivity contribution is 7.90. The molecular weight excluding hydrogens is 288 g/mol. The summed E-state index contributed by atoms with van der Waals surface area (Å²) >= 11 is 1.19. The van der Waals surface area contributed by atoms with Crippen LogP contribution in [0.4, 0.5) is 5.13 Å². The summed E-state index contributed by atoms with van der Waals surface area (Å²) < 4.78 is 25.1. The SMILES string of the molecule is Nc1nc(CN2C(=O)c3cccnc3S2(=O)=O)cs1. The van der Waals surface area contributed by atoms with E-state index in [1.165, 1.54) is 29.7 Å². The van der Waals surface area contributed by atoms with Crippen LogP contribution in [0.3, 0.4) is 0 Å². The molecule has 98 valence electrons. The summed E-state index contributed by atoms with van der Waals surface area (Å²) in [5.74, 6) is -0.588. The Labute approximate surface area is 112 Å². The highest BCUT2D eigenvalue weighted by atomic mass is 32.2. The minimum atomic E-state index is -3.89. The van der Waals surface area contributed by atoms with Crippen LogP contribution in [0.2, 0.25) is 0 Å². The van der Waals surface area contributed by atoms with Crippen LogP contribution in [0.15, 0.2) is 28.7 Å². The molecule has 9 heteroatoms. The van der Waals surface area contributed by atoms with E-state index in [1.807, 2.05) is 0 Å². The maximum Gasteiger partial charge on any atom is 0.285 e. The van der Waals surface area contributed by atoms with Crippen molar-refractivity contribution in [3.05, 3.63) is 35.0 Å². The molecule has 0 bridgehead atoms. The molecule has 3 heterocycles. The molecule has 0 atom stereocenters. The first kappa shape index (κ1) is 12.1. The lowest BCUT2D eigenvalue weighted by Gasteiger charge is -2.12. The topological polar surface area (TPSA) is 106 Å². The zero-order valence-electron chi connectivity index (χ0n) is 9.48. The molecule has 0 aromatic carbocycles. The van der Waals surface area contributed by atoms with Gasteiger partial charge in [0.25, 0.3) is 15.9 Å². The molecule has 7 nitrogen and oxygen atoms in total. The van der Waals surface area contributed by atoms with Crippen molar-refractivity contribution in [3.63, 3.8) is 0 Å². The Balaban J connectivity index is 2.03. The van der Waals surface area contributed by atoms with Crippen LogP contribution >= 0.6 is 11.3 Å². The molecular formula is C10H8N4O3S2. The number of hydrogen-bond acceptors (Lipinski definition) is 7. The third-order valence-corrected chi connectivity index (χ3v) is 5.05. The fourth-order valence-electron chi connectivity index (χ4n) is 1.81. The summed E-state index contributed by atoms with van der Waals surface area (Å²) in [5, 5.41) is 1.74. The van der Waals surface area contributed by atoms with Crippen molar-refractivity contribution in [2.24, 2.45) is 0 Å². The zero-order chi connectivity index (χ0) is 13.6. The molecule has 2 aromatic heterocycles. The predicted molar refractivity (Wildman–Crippen MR) is 67.8 cm³/mol.